The number of carbonyl (C=O) groups is 1. The highest BCUT2D eigenvalue weighted by Crippen LogP contribution is 2.36. The summed E-state index contributed by atoms with van der Waals surface area (Å²) in [5.74, 6) is 1.54. The highest BCUT2D eigenvalue weighted by molar-refractivity contribution is 14.0. The molecular weight excluding hydrogens is 509 g/mol. The minimum Gasteiger partial charge on any atom is -0.490 e. The zero-order valence-electron chi connectivity index (χ0n) is 19.0. The smallest absolute Gasteiger partial charge is 0.410 e. The van der Waals surface area contributed by atoms with Gasteiger partial charge < -0.3 is 25.0 Å². The molecule has 0 spiro atoms. The van der Waals surface area contributed by atoms with Crippen LogP contribution in [0.3, 0.4) is 0 Å². The molecule has 9 heteroatoms. The second-order valence-electron chi connectivity index (χ2n) is 8.88. The molecule has 3 heterocycles. The first-order valence-corrected chi connectivity index (χ1v) is 10.9. The van der Waals surface area contributed by atoms with Gasteiger partial charge in [-0.25, -0.2) is 9.79 Å². The number of pyridine rings is 1. The van der Waals surface area contributed by atoms with Crippen LogP contribution in [-0.2, 0) is 4.74 Å². The molecule has 0 radical (unpaired) electrons. The van der Waals surface area contributed by atoms with Gasteiger partial charge in [0.1, 0.15) is 18.0 Å². The van der Waals surface area contributed by atoms with Crippen molar-refractivity contribution in [1.29, 1.82) is 0 Å². The van der Waals surface area contributed by atoms with E-state index in [1.165, 1.54) is 0 Å². The van der Waals surface area contributed by atoms with Crippen molar-refractivity contribution in [3.63, 3.8) is 0 Å². The van der Waals surface area contributed by atoms with Crippen molar-refractivity contribution in [3.05, 3.63) is 24.5 Å². The monoisotopic (exact) mass is 545 g/mol. The third-order valence-corrected chi connectivity index (χ3v) is 5.29. The lowest BCUT2D eigenvalue weighted by molar-refractivity contribution is 0.00545. The van der Waals surface area contributed by atoms with Crippen molar-refractivity contribution in [1.82, 2.24) is 20.5 Å². The molecule has 2 aliphatic heterocycles. The number of guanidine groups is 1. The molecule has 2 aliphatic rings. The lowest BCUT2D eigenvalue weighted by atomic mass is 9.98. The fraction of sp³-hybridized carbons (Fsp3) is 0.682. The Morgan fingerprint density at radius 3 is 2.58 bits per heavy atom. The van der Waals surface area contributed by atoms with Crippen LogP contribution >= 0.6 is 24.0 Å². The van der Waals surface area contributed by atoms with Gasteiger partial charge in [0.25, 0.3) is 0 Å². The Morgan fingerprint density at radius 2 is 2.00 bits per heavy atom. The zero-order valence-corrected chi connectivity index (χ0v) is 21.3. The van der Waals surface area contributed by atoms with Crippen LogP contribution in [0.15, 0.2) is 29.5 Å². The van der Waals surface area contributed by atoms with E-state index in [9.17, 15) is 4.79 Å². The van der Waals surface area contributed by atoms with E-state index in [0.29, 0.717) is 19.2 Å². The van der Waals surface area contributed by atoms with Gasteiger partial charge in [-0.3, -0.25) is 4.98 Å². The molecule has 2 unspecified atom stereocenters. The summed E-state index contributed by atoms with van der Waals surface area (Å²) in [4.78, 5) is 23.3. The van der Waals surface area contributed by atoms with Crippen molar-refractivity contribution in [2.45, 2.75) is 77.1 Å². The van der Waals surface area contributed by atoms with Gasteiger partial charge in [0.05, 0.1) is 12.7 Å². The maximum Gasteiger partial charge on any atom is 0.410 e. The van der Waals surface area contributed by atoms with Gasteiger partial charge in [0, 0.05) is 30.9 Å². The van der Waals surface area contributed by atoms with Crippen LogP contribution in [0.25, 0.3) is 0 Å². The maximum absolute atomic E-state index is 12.6. The first kappa shape index (κ1) is 25.5. The molecular formula is C22H36IN5O3. The van der Waals surface area contributed by atoms with Crippen molar-refractivity contribution in [2.75, 3.05) is 19.7 Å². The molecule has 1 aromatic heterocycles. The summed E-state index contributed by atoms with van der Waals surface area (Å²) in [6.45, 7) is 9.63. The third-order valence-electron chi connectivity index (χ3n) is 5.29. The average Bonchev–Trinajstić information content (AvgIpc) is 2.96. The van der Waals surface area contributed by atoms with Gasteiger partial charge in [-0.05, 0) is 65.5 Å². The molecule has 8 nitrogen and oxygen atoms in total. The van der Waals surface area contributed by atoms with Gasteiger partial charge >= 0.3 is 6.09 Å². The fourth-order valence-corrected chi connectivity index (χ4v) is 4.17. The van der Waals surface area contributed by atoms with Crippen LogP contribution in [-0.4, -0.2) is 65.4 Å². The standard InChI is InChI=1S/C22H35N5O3.HI/c1-5-24-20(25-11-12-29-19-7-6-10-23-15-19)26-16-13-17-8-9-18(14-16)27(17)21(28)30-22(2,3)4;/h6-7,10,15-18H,5,8-9,11-14H2,1-4H3,(H2,24,25,26);1H. The number of hydrogen-bond acceptors (Lipinski definition) is 5. The molecule has 2 saturated heterocycles. The predicted octanol–water partition coefficient (Wildman–Crippen LogP) is 3.56. The van der Waals surface area contributed by atoms with E-state index < -0.39 is 5.60 Å². The second-order valence-corrected chi connectivity index (χ2v) is 8.88. The lowest BCUT2D eigenvalue weighted by Crippen LogP contribution is -2.55. The van der Waals surface area contributed by atoms with Crippen molar-refractivity contribution >= 4 is 36.0 Å². The highest BCUT2D eigenvalue weighted by atomic mass is 127. The number of nitrogens with one attached hydrogen (secondary N) is 2. The lowest BCUT2D eigenvalue weighted by Gasteiger charge is -2.40. The minimum absolute atomic E-state index is 0. The number of hydrogen-bond donors (Lipinski definition) is 2. The van der Waals surface area contributed by atoms with Gasteiger partial charge in [-0.1, -0.05) is 0 Å². The molecule has 1 aromatic rings. The van der Waals surface area contributed by atoms with Gasteiger partial charge in [0.2, 0.25) is 0 Å². The van der Waals surface area contributed by atoms with Crippen molar-refractivity contribution in [3.8, 4) is 5.75 Å². The van der Waals surface area contributed by atoms with Crippen LogP contribution < -0.4 is 15.4 Å². The van der Waals surface area contributed by atoms with Crippen LogP contribution in [0.5, 0.6) is 5.75 Å². The van der Waals surface area contributed by atoms with Crippen LogP contribution in [0.1, 0.15) is 53.4 Å². The Bertz CT molecular complexity index is 712. The quantitative estimate of drug-likeness (QED) is 0.246. The molecule has 2 fully saturated rings. The summed E-state index contributed by atoms with van der Waals surface area (Å²) in [6, 6.07) is 4.48. The van der Waals surface area contributed by atoms with Crippen LogP contribution in [0.4, 0.5) is 4.79 Å². The molecule has 0 aromatic carbocycles. The Hall–Kier alpha value is -1.78. The average molecular weight is 545 g/mol. The van der Waals surface area contributed by atoms with Gasteiger partial charge in [0.15, 0.2) is 5.96 Å². The van der Waals surface area contributed by atoms with E-state index in [1.54, 1.807) is 12.4 Å². The number of aromatic nitrogens is 1. The van der Waals surface area contributed by atoms with Crippen molar-refractivity contribution < 1.29 is 14.3 Å². The molecule has 2 N–H and O–H groups in total. The maximum atomic E-state index is 12.6. The normalized spacial score (nSPS) is 23.0. The number of aliphatic imine (C=N–C) groups is 1. The number of rotatable bonds is 6. The number of carbonyl (C=O) groups excluding carboxylic acids is 1. The van der Waals surface area contributed by atoms with Crippen molar-refractivity contribution in [2.24, 2.45) is 4.99 Å². The Labute approximate surface area is 202 Å². The van der Waals surface area contributed by atoms with Gasteiger partial charge in [-0.2, -0.15) is 0 Å². The second kappa shape index (κ2) is 11.7. The van der Waals surface area contributed by atoms with Crippen LogP contribution in [0, 0.1) is 0 Å². The molecule has 174 valence electrons. The fourth-order valence-electron chi connectivity index (χ4n) is 4.17. The highest BCUT2D eigenvalue weighted by Gasteiger charge is 2.45. The number of amides is 1. The van der Waals surface area contributed by atoms with E-state index in [2.05, 4.69) is 27.5 Å². The largest absolute Gasteiger partial charge is 0.490 e. The van der Waals surface area contributed by atoms with E-state index in [-0.39, 0.29) is 42.2 Å². The molecule has 3 rings (SSSR count). The topological polar surface area (TPSA) is 88.1 Å². The van der Waals surface area contributed by atoms with E-state index in [4.69, 9.17) is 9.47 Å². The molecule has 2 bridgehead atoms. The number of halogens is 1. The SMILES string of the molecule is CCNC(=NCCOc1cccnc1)NC1CC2CCC(C1)N2C(=O)OC(C)(C)C.I. The Balaban J connectivity index is 0.00000341. The summed E-state index contributed by atoms with van der Waals surface area (Å²) in [7, 11) is 0. The summed E-state index contributed by atoms with van der Waals surface area (Å²) >= 11 is 0. The number of ether oxygens (including phenoxy) is 2. The predicted molar refractivity (Wildman–Crippen MR) is 132 cm³/mol. The van der Waals surface area contributed by atoms with E-state index in [1.807, 2.05) is 37.8 Å². The first-order valence-electron chi connectivity index (χ1n) is 10.9. The summed E-state index contributed by atoms with van der Waals surface area (Å²) in [6.07, 6.45) is 7.13. The Morgan fingerprint density at radius 1 is 1.29 bits per heavy atom. The van der Waals surface area contributed by atoms with Crippen LogP contribution in [0.2, 0.25) is 0 Å². The van der Waals surface area contributed by atoms with E-state index >= 15 is 0 Å². The first-order chi connectivity index (χ1) is 14.4. The molecule has 1 amide bonds. The summed E-state index contributed by atoms with van der Waals surface area (Å²) in [5.41, 5.74) is -0.464. The molecule has 31 heavy (non-hydrogen) atoms. The number of nitrogens with zero attached hydrogens (tertiary/aromatic N) is 3. The number of fused-ring (bicyclic) bond motifs is 2. The molecule has 2 atom stereocenters. The third kappa shape index (κ3) is 7.69. The summed E-state index contributed by atoms with van der Waals surface area (Å²) < 4.78 is 11.3. The Kier molecular flexibility index (Phi) is 9.64. The van der Waals surface area contributed by atoms with E-state index in [0.717, 1.165) is 43.9 Å². The molecule has 0 aliphatic carbocycles. The van der Waals surface area contributed by atoms with Gasteiger partial charge in [-0.15, -0.1) is 24.0 Å². The molecule has 0 saturated carbocycles. The number of piperidine rings is 1. The zero-order chi connectivity index (χ0) is 21.6. The summed E-state index contributed by atoms with van der Waals surface area (Å²) in [5, 5.41) is 6.87. The minimum atomic E-state index is -0.464.